The highest BCUT2D eigenvalue weighted by molar-refractivity contribution is 8.04. The van der Waals surface area contributed by atoms with Crippen LogP contribution in [0.3, 0.4) is 0 Å². The Kier molecular flexibility index (Phi) is 5.08. The van der Waals surface area contributed by atoms with Crippen LogP contribution in [0.2, 0.25) is 5.02 Å². The fraction of sp³-hybridized carbons (Fsp3) is 0.120. The summed E-state index contributed by atoms with van der Waals surface area (Å²) in [6.07, 6.45) is 0.893. The van der Waals surface area contributed by atoms with E-state index in [0.717, 1.165) is 28.1 Å². The van der Waals surface area contributed by atoms with Crippen LogP contribution in [0, 0.1) is 0 Å². The normalized spacial score (nSPS) is 17.9. The monoisotopic (exact) mass is 446 g/mol. The minimum Gasteiger partial charge on any atom is -0.373 e. The Labute approximate surface area is 189 Å². The number of hydrogen-bond donors (Lipinski definition) is 1. The highest BCUT2D eigenvalue weighted by Gasteiger charge is 2.45. The van der Waals surface area contributed by atoms with Gasteiger partial charge in [0.25, 0.3) is 11.8 Å². The van der Waals surface area contributed by atoms with Crippen molar-refractivity contribution in [1.29, 1.82) is 0 Å². The Balaban J connectivity index is 1.64. The lowest BCUT2D eigenvalue weighted by atomic mass is 9.98. The molecule has 5 rings (SSSR count). The van der Waals surface area contributed by atoms with Gasteiger partial charge in [-0.05, 0) is 53.9 Å². The van der Waals surface area contributed by atoms with Gasteiger partial charge in [-0.25, -0.2) is 4.90 Å². The number of carbonyl (C=O) groups is 2. The number of nitrogens with one attached hydrogen (secondary N) is 1. The summed E-state index contributed by atoms with van der Waals surface area (Å²) in [5, 5.41) is 4.06. The van der Waals surface area contributed by atoms with Gasteiger partial charge in [0.2, 0.25) is 0 Å². The van der Waals surface area contributed by atoms with Crippen LogP contribution in [0.4, 0.5) is 11.4 Å². The van der Waals surface area contributed by atoms with Gasteiger partial charge in [0, 0.05) is 15.6 Å². The molecule has 0 aromatic heterocycles. The van der Waals surface area contributed by atoms with Crippen LogP contribution in [-0.2, 0) is 16.0 Å². The molecule has 2 amide bonds. The lowest BCUT2D eigenvalue weighted by molar-refractivity contribution is -0.120. The van der Waals surface area contributed by atoms with E-state index in [0.29, 0.717) is 21.2 Å². The van der Waals surface area contributed by atoms with E-state index >= 15 is 0 Å². The number of imide groups is 1. The maximum absolute atomic E-state index is 13.6. The van der Waals surface area contributed by atoms with E-state index in [2.05, 4.69) is 12.2 Å². The second-order valence-electron chi connectivity index (χ2n) is 7.44. The number of thioether (sulfide) groups is 1. The van der Waals surface area contributed by atoms with Gasteiger partial charge < -0.3 is 5.32 Å². The Hall–Kier alpha value is -3.02. The Bertz CT molecular complexity index is 1240. The summed E-state index contributed by atoms with van der Waals surface area (Å²) in [7, 11) is 0. The number of hydrogen-bond acceptors (Lipinski definition) is 4. The van der Waals surface area contributed by atoms with Gasteiger partial charge in [-0.15, -0.1) is 0 Å². The van der Waals surface area contributed by atoms with E-state index < -0.39 is 6.04 Å². The average molecular weight is 447 g/mol. The van der Waals surface area contributed by atoms with E-state index in [1.54, 1.807) is 6.07 Å². The zero-order chi connectivity index (χ0) is 21.5. The minimum absolute atomic E-state index is 0.292. The molecule has 154 valence electrons. The van der Waals surface area contributed by atoms with E-state index in [1.165, 1.54) is 16.7 Å². The van der Waals surface area contributed by atoms with Crippen LogP contribution in [0.15, 0.2) is 88.2 Å². The summed E-state index contributed by atoms with van der Waals surface area (Å²) < 4.78 is 0. The molecule has 2 aliphatic rings. The molecule has 1 atom stereocenters. The van der Waals surface area contributed by atoms with Crippen LogP contribution in [0.1, 0.15) is 24.1 Å². The molecule has 3 aromatic rings. The maximum Gasteiger partial charge on any atom is 0.272 e. The van der Waals surface area contributed by atoms with E-state index in [-0.39, 0.29) is 11.8 Å². The van der Waals surface area contributed by atoms with Gasteiger partial charge in [0.1, 0.15) is 0 Å². The quantitative estimate of drug-likeness (QED) is 0.502. The fourth-order valence-corrected chi connectivity index (χ4v) is 5.24. The first kappa shape index (κ1) is 19.9. The zero-order valence-electron chi connectivity index (χ0n) is 16.8. The molecule has 0 saturated carbocycles. The third kappa shape index (κ3) is 3.44. The number of aryl methyl sites for hydroxylation is 1. The highest BCUT2D eigenvalue weighted by Crippen LogP contribution is 2.48. The van der Waals surface area contributed by atoms with Crippen molar-refractivity contribution >= 4 is 46.6 Å². The van der Waals surface area contributed by atoms with Gasteiger partial charge in [-0.2, -0.15) is 0 Å². The van der Waals surface area contributed by atoms with Crippen molar-refractivity contribution in [3.8, 4) is 0 Å². The van der Waals surface area contributed by atoms with Crippen molar-refractivity contribution in [3.05, 3.63) is 99.4 Å². The average Bonchev–Trinajstić information content (AvgIpc) is 2.93. The number of nitrogens with zero attached hydrogens (tertiary/aromatic N) is 1. The third-order valence-electron chi connectivity index (χ3n) is 5.55. The highest BCUT2D eigenvalue weighted by atomic mass is 35.5. The zero-order valence-corrected chi connectivity index (χ0v) is 18.3. The molecule has 6 heteroatoms. The maximum atomic E-state index is 13.6. The summed E-state index contributed by atoms with van der Waals surface area (Å²) in [5.41, 5.74) is 3.90. The SMILES string of the molecule is CCc1ccc(N2C(=O)C3=C(C2=O)[C@@H](c2cccc(Cl)c2)Nc2ccccc2S3)cc1. The number of para-hydroxylation sites is 1. The Morgan fingerprint density at radius 2 is 1.74 bits per heavy atom. The first-order valence-corrected chi connectivity index (χ1v) is 11.3. The van der Waals surface area contributed by atoms with Gasteiger partial charge in [0.05, 0.1) is 22.2 Å². The smallest absolute Gasteiger partial charge is 0.272 e. The van der Waals surface area contributed by atoms with Crippen LogP contribution in [-0.4, -0.2) is 11.8 Å². The van der Waals surface area contributed by atoms with Crippen LogP contribution in [0.25, 0.3) is 0 Å². The van der Waals surface area contributed by atoms with Gasteiger partial charge in [0.15, 0.2) is 0 Å². The van der Waals surface area contributed by atoms with Crippen molar-refractivity contribution in [2.45, 2.75) is 24.3 Å². The molecule has 0 saturated heterocycles. The molecule has 3 aromatic carbocycles. The summed E-state index contributed by atoms with van der Waals surface area (Å²) >= 11 is 7.60. The number of anilines is 2. The van der Waals surface area contributed by atoms with E-state index in [9.17, 15) is 9.59 Å². The molecule has 0 aliphatic carbocycles. The lowest BCUT2D eigenvalue weighted by Gasteiger charge is -2.23. The van der Waals surface area contributed by atoms with Crippen molar-refractivity contribution in [3.63, 3.8) is 0 Å². The summed E-state index contributed by atoms with van der Waals surface area (Å²) in [6, 6.07) is 22.3. The number of carbonyl (C=O) groups excluding carboxylic acids is 2. The summed E-state index contributed by atoms with van der Waals surface area (Å²) in [5.74, 6) is -0.596. The second-order valence-corrected chi connectivity index (χ2v) is 8.93. The third-order valence-corrected chi connectivity index (χ3v) is 6.96. The molecule has 0 bridgehead atoms. The summed E-state index contributed by atoms with van der Waals surface area (Å²) in [4.78, 5) is 29.8. The standard InChI is InChI=1S/C25H19ClN2O2S/c1-2-15-10-12-18(13-11-15)28-24(29)21-22(16-6-5-7-17(26)14-16)27-19-8-3-4-9-20(19)31-23(21)25(28)30/h3-14,22,27H,2H2,1H3/t22-/m1/s1. The number of rotatable bonds is 3. The molecular weight excluding hydrogens is 428 g/mol. The fourth-order valence-electron chi connectivity index (χ4n) is 3.94. The van der Waals surface area contributed by atoms with Gasteiger partial charge in [-0.1, -0.05) is 66.7 Å². The molecule has 2 heterocycles. The number of benzene rings is 3. The first-order valence-electron chi connectivity index (χ1n) is 10.1. The molecule has 0 fully saturated rings. The number of amides is 2. The van der Waals surface area contributed by atoms with Crippen LogP contribution in [0.5, 0.6) is 0 Å². The molecule has 0 radical (unpaired) electrons. The predicted octanol–water partition coefficient (Wildman–Crippen LogP) is 5.99. The first-order chi connectivity index (χ1) is 15.1. The molecule has 31 heavy (non-hydrogen) atoms. The summed E-state index contributed by atoms with van der Waals surface area (Å²) in [6.45, 7) is 2.07. The molecule has 4 nitrogen and oxygen atoms in total. The Morgan fingerprint density at radius 3 is 2.48 bits per heavy atom. The number of halogens is 1. The van der Waals surface area contributed by atoms with Crippen molar-refractivity contribution in [2.75, 3.05) is 10.2 Å². The predicted molar refractivity (Wildman–Crippen MR) is 125 cm³/mol. The van der Waals surface area contributed by atoms with Crippen LogP contribution < -0.4 is 10.2 Å². The van der Waals surface area contributed by atoms with Crippen LogP contribution >= 0.6 is 23.4 Å². The van der Waals surface area contributed by atoms with Gasteiger partial charge in [-0.3, -0.25) is 9.59 Å². The lowest BCUT2D eigenvalue weighted by Crippen LogP contribution is -2.33. The Morgan fingerprint density at radius 1 is 0.968 bits per heavy atom. The largest absolute Gasteiger partial charge is 0.373 e. The van der Waals surface area contributed by atoms with E-state index in [1.807, 2.05) is 66.7 Å². The van der Waals surface area contributed by atoms with Gasteiger partial charge >= 0.3 is 0 Å². The molecule has 1 N–H and O–H groups in total. The van der Waals surface area contributed by atoms with E-state index in [4.69, 9.17) is 11.6 Å². The van der Waals surface area contributed by atoms with Crippen molar-refractivity contribution in [1.82, 2.24) is 0 Å². The molecule has 0 unspecified atom stereocenters. The number of fused-ring (bicyclic) bond motifs is 1. The molecule has 2 aliphatic heterocycles. The molecule has 0 spiro atoms. The second kappa shape index (κ2) is 7.91. The van der Waals surface area contributed by atoms with Crippen molar-refractivity contribution < 1.29 is 9.59 Å². The van der Waals surface area contributed by atoms with Crippen molar-refractivity contribution in [2.24, 2.45) is 0 Å². The minimum atomic E-state index is -0.485. The topological polar surface area (TPSA) is 49.4 Å². The molecular formula is C25H19ClN2O2S.